The molecule has 4 nitrogen and oxygen atoms in total. The number of carbonyl (C=O) groups excluding carboxylic acids is 1. The van der Waals surface area contributed by atoms with Crippen LogP contribution in [0.15, 0.2) is 53.4 Å². The summed E-state index contributed by atoms with van der Waals surface area (Å²) in [7, 11) is 0. The van der Waals surface area contributed by atoms with Gasteiger partial charge in [-0.15, -0.1) is 11.8 Å². The fourth-order valence-corrected chi connectivity index (χ4v) is 3.95. The first kappa shape index (κ1) is 18.0. The van der Waals surface area contributed by atoms with Gasteiger partial charge < -0.3 is 14.9 Å². The zero-order chi connectivity index (χ0) is 17.8. The Kier molecular flexibility index (Phi) is 5.76. The van der Waals surface area contributed by atoms with Gasteiger partial charge in [-0.25, -0.2) is 0 Å². The molecule has 6 heteroatoms. The van der Waals surface area contributed by atoms with Gasteiger partial charge in [0.15, 0.2) is 0 Å². The zero-order valence-corrected chi connectivity index (χ0v) is 15.6. The molecule has 0 bridgehead atoms. The maximum Gasteiger partial charge on any atom is 0.235 e. The Bertz CT molecular complexity index is 713. The highest BCUT2D eigenvalue weighted by atomic mass is 35.5. The Morgan fingerprint density at radius 2 is 1.64 bits per heavy atom. The summed E-state index contributed by atoms with van der Waals surface area (Å²) in [6.07, 6.45) is 0. The molecular formula is C19H21ClN2O2S. The van der Waals surface area contributed by atoms with Crippen molar-refractivity contribution in [1.29, 1.82) is 0 Å². The summed E-state index contributed by atoms with van der Waals surface area (Å²) < 4.78 is 0. The van der Waals surface area contributed by atoms with Gasteiger partial charge in [-0.05, 0) is 55.5 Å². The summed E-state index contributed by atoms with van der Waals surface area (Å²) in [5.74, 6) is 0.441. The Morgan fingerprint density at radius 1 is 1.04 bits per heavy atom. The number of benzene rings is 2. The van der Waals surface area contributed by atoms with E-state index in [1.165, 1.54) is 0 Å². The van der Waals surface area contributed by atoms with Crippen molar-refractivity contribution in [2.45, 2.75) is 17.1 Å². The average molecular weight is 377 g/mol. The number of halogens is 1. The van der Waals surface area contributed by atoms with Crippen molar-refractivity contribution in [3.05, 3.63) is 53.6 Å². The van der Waals surface area contributed by atoms with E-state index in [4.69, 9.17) is 11.6 Å². The Morgan fingerprint density at radius 3 is 2.24 bits per heavy atom. The third kappa shape index (κ3) is 4.61. The molecule has 1 aliphatic heterocycles. The fraction of sp³-hybridized carbons (Fsp3) is 0.316. The van der Waals surface area contributed by atoms with Crippen LogP contribution in [-0.2, 0) is 4.79 Å². The van der Waals surface area contributed by atoms with E-state index in [0.29, 0.717) is 18.1 Å². The van der Waals surface area contributed by atoms with E-state index in [0.717, 1.165) is 23.7 Å². The lowest BCUT2D eigenvalue weighted by Gasteiger charge is -2.37. The number of phenolic OH excluding ortho intramolecular Hbond substituents is 1. The predicted octanol–water partition coefficient (Wildman–Crippen LogP) is 3.88. The minimum atomic E-state index is -0.124. The first-order valence-corrected chi connectivity index (χ1v) is 9.54. The number of anilines is 1. The SMILES string of the molecule is CC(Sc1ccc(Cl)cc1)C(=O)N1CCN(c2ccc(O)cc2)CC1. The zero-order valence-electron chi connectivity index (χ0n) is 14.1. The molecule has 1 atom stereocenters. The molecule has 1 fully saturated rings. The molecule has 1 amide bonds. The lowest BCUT2D eigenvalue weighted by molar-refractivity contribution is -0.130. The van der Waals surface area contributed by atoms with Crippen LogP contribution in [0.5, 0.6) is 5.75 Å². The van der Waals surface area contributed by atoms with Crippen molar-refractivity contribution in [2.24, 2.45) is 0 Å². The number of phenols is 1. The molecule has 0 spiro atoms. The van der Waals surface area contributed by atoms with Crippen LogP contribution in [0, 0.1) is 0 Å². The van der Waals surface area contributed by atoms with Crippen LogP contribution in [-0.4, -0.2) is 47.3 Å². The van der Waals surface area contributed by atoms with E-state index in [9.17, 15) is 9.90 Å². The van der Waals surface area contributed by atoms with Crippen molar-refractivity contribution in [3.63, 3.8) is 0 Å². The number of hydrogen-bond acceptors (Lipinski definition) is 4. The molecule has 1 saturated heterocycles. The maximum absolute atomic E-state index is 12.7. The van der Waals surface area contributed by atoms with E-state index < -0.39 is 0 Å². The molecule has 1 aliphatic rings. The highest BCUT2D eigenvalue weighted by Crippen LogP contribution is 2.26. The number of nitrogens with zero attached hydrogens (tertiary/aromatic N) is 2. The van der Waals surface area contributed by atoms with Gasteiger partial charge in [-0.2, -0.15) is 0 Å². The van der Waals surface area contributed by atoms with Crippen molar-refractivity contribution in [3.8, 4) is 5.75 Å². The number of aromatic hydroxyl groups is 1. The number of amides is 1. The maximum atomic E-state index is 12.7. The summed E-state index contributed by atoms with van der Waals surface area (Å²) in [5, 5.41) is 9.96. The van der Waals surface area contributed by atoms with E-state index in [1.807, 2.05) is 48.2 Å². The van der Waals surface area contributed by atoms with Crippen LogP contribution in [0.1, 0.15) is 6.92 Å². The van der Waals surface area contributed by atoms with Crippen molar-refractivity contribution in [2.75, 3.05) is 31.1 Å². The normalized spacial score (nSPS) is 15.9. The lowest BCUT2D eigenvalue weighted by Crippen LogP contribution is -2.50. The lowest BCUT2D eigenvalue weighted by atomic mass is 10.2. The van der Waals surface area contributed by atoms with Gasteiger partial charge in [0.1, 0.15) is 5.75 Å². The third-order valence-corrected chi connectivity index (χ3v) is 5.63. The van der Waals surface area contributed by atoms with E-state index in [-0.39, 0.29) is 16.9 Å². The molecule has 1 heterocycles. The van der Waals surface area contributed by atoms with Crippen molar-refractivity contribution in [1.82, 2.24) is 4.90 Å². The Hall–Kier alpha value is -1.85. The topological polar surface area (TPSA) is 43.8 Å². The molecule has 1 N–H and O–H groups in total. The molecule has 1 unspecified atom stereocenters. The number of piperazine rings is 1. The number of thioether (sulfide) groups is 1. The summed E-state index contributed by atoms with van der Waals surface area (Å²) in [6.45, 7) is 4.98. The van der Waals surface area contributed by atoms with Gasteiger partial charge in [-0.3, -0.25) is 4.79 Å². The minimum absolute atomic E-state index is 0.124. The standard InChI is InChI=1S/C19H21ClN2O2S/c1-14(25-18-8-2-15(20)3-9-18)19(24)22-12-10-21(11-13-22)16-4-6-17(23)7-5-16/h2-9,14,23H,10-13H2,1H3. The Balaban J connectivity index is 1.53. The van der Waals surface area contributed by atoms with E-state index in [2.05, 4.69) is 4.90 Å². The second kappa shape index (κ2) is 8.02. The van der Waals surface area contributed by atoms with Gasteiger partial charge >= 0.3 is 0 Å². The second-order valence-electron chi connectivity index (χ2n) is 6.04. The minimum Gasteiger partial charge on any atom is -0.508 e. The van der Waals surface area contributed by atoms with Gasteiger partial charge in [0, 0.05) is 41.8 Å². The third-order valence-electron chi connectivity index (χ3n) is 4.28. The van der Waals surface area contributed by atoms with Crippen LogP contribution in [0.3, 0.4) is 0 Å². The number of hydrogen-bond donors (Lipinski definition) is 1. The van der Waals surface area contributed by atoms with E-state index >= 15 is 0 Å². The largest absolute Gasteiger partial charge is 0.508 e. The smallest absolute Gasteiger partial charge is 0.235 e. The second-order valence-corrected chi connectivity index (χ2v) is 7.89. The predicted molar refractivity (Wildman–Crippen MR) is 104 cm³/mol. The molecule has 2 aromatic rings. The molecule has 2 aromatic carbocycles. The van der Waals surface area contributed by atoms with E-state index in [1.54, 1.807) is 23.9 Å². The monoisotopic (exact) mass is 376 g/mol. The van der Waals surface area contributed by atoms with Crippen LogP contribution >= 0.6 is 23.4 Å². The van der Waals surface area contributed by atoms with Crippen LogP contribution in [0.25, 0.3) is 0 Å². The molecular weight excluding hydrogens is 356 g/mol. The van der Waals surface area contributed by atoms with Crippen LogP contribution < -0.4 is 4.90 Å². The average Bonchev–Trinajstić information content (AvgIpc) is 2.64. The van der Waals surface area contributed by atoms with Gasteiger partial charge in [-0.1, -0.05) is 11.6 Å². The summed E-state index contributed by atoms with van der Waals surface area (Å²) in [6, 6.07) is 14.8. The first-order valence-electron chi connectivity index (χ1n) is 8.28. The molecule has 3 rings (SSSR count). The van der Waals surface area contributed by atoms with Gasteiger partial charge in [0.2, 0.25) is 5.91 Å². The Labute approximate surface area is 157 Å². The molecule has 0 aromatic heterocycles. The summed E-state index contributed by atoms with van der Waals surface area (Å²) >= 11 is 7.46. The first-order chi connectivity index (χ1) is 12.0. The van der Waals surface area contributed by atoms with Crippen LogP contribution in [0.4, 0.5) is 5.69 Å². The molecule has 0 aliphatic carbocycles. The summed E-state index contributed by atoms with van der Waals surface area (Å²) in [5.41, 5.74) is 1.08. The fourth-order valence-electron chi connectivity index (χ4n) is 2.87. The molecule has 132 valence electrons. The number of rotatable bonds is 4. The van der Waals surface area contributed by atoms with Gasteiger partial charge in [0.05, 0.1) is 5.25 Å². The quantitative estimate of drug-likeness (QED) is 0.822. The summed E-state index contributed by atoms with van der Waals surface area (Å²) in [4.78, 5) is 17.9. The molecule has 0 saturated carbocycles. The molecule has 25 heavy (non-hydrogen) atoms. The van der Waals surface area contributed by atoms with Gasteiger partial charge in [0.25, 0.3) is 0 Å². The highest BCUT2D eigenvalue weighted by Gasteiger charge is 2.25. The van der Waals surface area contributed by atoms with Crippen LogP contribution in [0.2, 0.25) is 5.02 Å². The molecule has 0 radical (unpaired) electrons. The number of carbonyl (C=O) groups is 1. The van der Waals surface area contributed by atoms with Crippen molar-refractivity contribution < 1.29 is 9.90 Å². The van der Waals surface area contributed by atoms with Crippen molar-refractivity contribution >= 4 is 35.0 Å². The highest BCUT2D eigenvalue weighted by molar-refractivity contribution is 8.00.